The van der Waals surface area contributed by atoms with Crippen molar-refractivity contribution >= 4 is 29.2 Å². The molecule has 1 heterocycles. The molecule has 0 radical (unpaired) electrons. The van der Waals surface area contributed by atoms with Gasteiger partial charge in [-0.1, -0.05) is 17.7 Å². The van der Waals surface area contributed by atoms with Gasteiger partial charge in [-0.25, -0.2) is 4.79 Å². The molecular weight excluding hydrogens is 232 g/mol. The standard InChI is InChI=1S/C10H9ClN2O3/c11-4-1-2-5-6(3-4)13-8(10(15)16)7(5)9(12)14/h1-3,7-8,13H,(H2,12,14)(H,15,16)/t7-,8-/m1/s1. The van der Waals surface area contributed by atoms with E-state index in [1.807, 2.05) is 0 Å². The maximum Gasteiger partial charge on any atom is 0.327 e. The maximum atomic E-state index is 11.3. The fourth-order valence-electron chi connectivity index (χ4n) is 1.88. The van der Waals surface area contributed by atoms with Gasteiger partial charge in [0, 0.05) is 10.7 Å². The highest BCUT2D eigenvalue weighted by molar-refractivity contribution is 6.31. The zero-order chi connectivity index (χ0) is 11.9. The number of rotatable bonds is 2. The highest BCUT2D eigenvalue weighted by atomic mass is 35.5. The molecule has 1 aliphatic heterocycles. The molecule has 0 aliphatic carbocycles. The lowest BCUT2D eigenvalue weighted by molar-refractivity contribution is -0.140. The molecule has 16 heavy (non-hydrogen) atoms. The number of fused-ring (bicyclic) bond motifs is 1. The summed E-state index contributed by atoms with van der Waals surface area (Å²) >= 11 is 5.77. The first-order valence-electron chi connectivity index (χ1n) is 4.59. The first kappa shape index (κ1) is 10.8. The number of hydrogen-bond donors (Lipinski definition) is 3. The molecule has 2 atom stereocenters. The van der Waals surface area contributed by atoms with E-state index in [0.29, 0.717) is 16.3 Å². The molecule has 5 nitrogen and oxygen atoms in total. The van der Waals surface area contributed by atoms with Crippen molar-refractivity contribution in [2.45, 2.75) is 12.0 Å². The number of aliphatic carboxylic acids is 1. The van der Waals surface area contributed by atoms with Crippen molar-refractivity contribution in [2.24, 2.45) is 5.73 Å². The Morgan fingerprint density at radius 1 is 1.44 bits per heavy atom. The summed E-state index contributed by atoms with van der Waals surface area (Å²) in [4.78, 5) is 22.2. The van der Waals surface area contributed by atoms with Gasteiger partial charge >= 0.3 is 5.97 Å². The van der Waals surface area contributed by atoms with Gasteiger partial charge in [-0.2, -0.15) is 0 Å². The fourth-order valence-corrected chi connectivity index (χ4v) is 2.05. The van der Waals surface area contributed by atoms with Gasteiger partial charge < -0.3 is 16.2 Å². The summed E-state index contributed by atoms with van der Waals surface area (Å²) in [6, 6.07) is 3.77. The van der Waals surface area contributed by atoms with E-state index in [4.69, 9.17) is 22.4 Å². The number of benzene rings is 1. The van der Waals surface area contributed by atoms with Crippen LogP contribution in [0.5, 0.6) is 0 Å². The average Bonchev–Trinajstić information content (AvgIpc) is 2.55. The van der Waals surface area contributed by atoms with Crippen LogP contribution in [-0.4, -0.2) is 23.0 Å². The fraction of sp³-hybridized carbons (Fsp3) is 0.200. The number of amides is 1. The van der Waals surface area contributed by atoms with Gasteiger partial charge in [0.1, 0.15) is 6.04 Å². The molecule has 2 rings (SSSR count). The second kappa shape index (κ2) is 3.68. The highest BCUT2D eigenvalue weighted by Gasteiger charge is 2.40. The Morgan fingerprint density at radius 3 is 2.69 bits per heavy atom. The molecule has 1 aliphatic rings. The van der Waals surface area contributed by atoms with E-state index in [2.05, 4.69) is 5.32 Å². The van der Waals surface area contributed by atoms with E-state index in [1.54, 1.807) is 18.2 Å². The lowest BCUT2D eigenvalue weighted by Gasteiger charge is -2.12. The number of carboxylic acids is 1. The van der Waals surface area contributed by atoms with Crippen LogP contribution in [0.4, 0.5) is 5.69 Å². The maximum absolute atomic E-state index is 11.3. The number of anilines is 1. The lowest BCUT2D eigenvalue weighted by Crippen LogP contribution is -2.37. The van der Waals surface area contributed by atoms with Gasteiger partial charge in [-0.05, 0) is 17.7 Å². The summed E-state index contributed by atoms with van der Waals surface area (Å²) in [5, 5.41) is 12.2. The topological polar surface area (TPSA) is 92.4 Å². The molecule has 0 aromatic heterocycles. The molecule has 1 aromatic carbocycles. The normalized spacial score (nSPS) is 22.3. The molecular formula is C10H9ClN2O3. The van der Waals surface area contributed by atoms with Crippen LogP contribution in [0.15, 0.2) is 18.2 Å². The minimum Gasteiger partial charge on any atom is -0.480 e. The summed E-state index contributed by atoms with van der Waals surface area (Å²) < 4.78 is 0. The SMILES string of the molecule is NC(=O)[C@@H]1c2ccc(Cl)cc2N[C@H]1C(=O)O. The Morgan fingerprint density at radius 2 is 2.12 bits per heavy atom. The van der Waals surface area contributed by atoms with E-state index in [1.165, 1.54) is 0 Å². The Labute approximate surface area is 96.2 Å². The second-order valence-electron chi connectivity index (χ2n) is 3.57. The van der Waals surface area contributed by atoms with Crippen LogP contribution in [0, 0.1) is 0 Å². The minimum absolute atomic E-state index is 0.473. The summed E-state index contributed by atoms with van der Waals surface area (Å²) in [6.07, 6.45) is 0. The van der Waals surface area contributed by atoms with Crippen molar-refractivity contribution in [3.05, 3.63) is 28.8 Å². The van der Waals surface area contributed by atoms with E-state index >= 15 is 0 Å². The van der Waals surface area contributed by atoms with Crippen LogP contribution in [-0.2, 0) is 9.59 Å². The number of carbonyl (C=O) groups excluding carboxylic acids is 1. The van der Waals surface area contributed by atoms with Crippen LogP contribution in [0.25, 0.3) is 0 Å². The molecule has 84 valence electrons. The zero-order valence-electron chi connectivity index (χ0n) is 8.11. The predicted molar refractivity (Wildman–Crippen MR) is 58.4 cm³/mol. The monoisotopic (exact) mass is 240 g/mol. The number of nitrogens with two attached hydrogens (primary N) is 1. The van der Waals surface area contributed by atoms with Gasteiger partial charge in [-0.15, -0.1) is 0 Å². The van der Waals surface area contributed by atoms with Gasteiger partial charge in [0.25, 0.3) is 0 Å². The van der Waals surface area contributed by atoms with Crippen molar-refractivity contribution in [3.63, 3.8) is 0 Å². The average molecular weight is 241 g/mol. The van der Waals surface area contributed by atoms with Crippen molar-refractivity contribution in [2.75, 3.05) is 5.32 Å². The zero-order valence-corrected chi connectivity index (χ0v) is 8.86. The minimum atomic E-state index is -1.11. The third-order valence-corrected chi connectivity index (χ3v) is 2.80. The van der Waals surface area contributed by atoms with Crippen LogP contribution >= 0.6 is 11.6 Å². The Bertz CT molecular complexity index is 475. The molecule has 1 amide bonds. The van der Waals surface area contributed by atoms with E-state index < -0.39 is 23.8 Å². The highest BCUT2D eigenvalue weighted by Crippen LogP contribution is 2.37. The van der Waals surface area contributed by atoms with E-state index in [0.717, 1.165) is 0 Å². The number of hydrogen-bond acceptors (Lipinski definition) is 3. The van der Waals surface area contributed by atoms with Gasteiger partial charge in [0.05, 0.1) is 5.92 Å². The molecule has 0 spiro atoms. The molecule has 0 bridgehead atoms. The molecule has 4 N–H and O–H groups in total. The van der Waals surface area contributed by atoms with E-state index in [-0.39, 0.29) is 0 Å². The van der Waals surface area contributed by atoms with Crippen LogP contribution in [0.2, 0.25) is 5.02 Å². The first-order valence-corrected chi connectivity index (χ1v) is 4.96. The third-order valence-electron chi connectivity index (χ3n) is 2.57. The number of primary amides is 1. The number of nitrogens with one attached hydrogen (secondary N) is 1. The van der Waals surface area contributed by atoms with Crippen molar-refractivity contribution in [3.8, 4) is 0 Å². The smallest absolute Gasteiger partial charge is 0.327 e. The third kappa shape index (κ3) is 1.59. The first-order chi connectivity index (χ1) is 7.50. The Kier molecular flexibility index (Phi) is 2.47. The van der Waals surface area contributed by atoms with Crippen LogP contribution in [0.3, 0.4) is 0 Å². The summed E-state index contributed by atoms with van der Waals surface area (Å²) in [6.45, 7) is 0. The van der Waals surface area contributed by atoms with Crippen molar-refractivity contribution < 1.29 is 14.7 Å². The predicted octanol–water partition coefficient (Wildman–Crippen LogP) is 0.788. The van der Waals surface area contributed by atoms with Gasteiger partial charge in [0.2, 0.25) is 5.91 Å². The lowest BCUT2D eigenvalue weighted by atomic mass is 9.94. The van der Waals surface area contributed by atoms with Gasteiger partial charge in [0.15, 0.2) is 0 Å². The molecule has 0 fully saturated rings. The quantitative estimate of drug-likeness (QED) is 0.713. The van der Waals surface area contributed by atoms with Gasteiger partial charge in [-0.3, -0.25) is 4.79 Å². The molecule has 6 heteroatoms. The molecule has 0 unspecified atom stereocenters. The molecule has 1 aromatic rings. The Balaban J connectivity index is 2.49. The number of carboxylic acid groups (broad SMARTS) is 1. The van der Waals surface area contributed by atoms with Crippen LogP contribution in [0.1, 0.15) is 11.5 Å². The number of carbonyl (C=O) groups is 2. The number of halogens is 1. The summed E-state index contributed by atoms with van der Waals surface area (Å²) in [5.74, 6) is -2.64. The second-order valence-corrected chi connectivity index (χ2v) is 4.01. The van der Waals surface area contributed by atoms with Crippen molar-refractivity contribution in [1.29, 1.82) is 0 Å². The van der Waals surface area contributed by atoms with E-state index in [9.17, 15) is 9.59 Å². The molecule has 0 saturated carbocycles. The summed E-state index contributed by atoms with van der Waals surface area (Å²) in [7, 11) is 0. The largest absolute Gasteiger partial charge is 0.480 e. The summed E-state index contributed by atoms with van der Waals surface area (Å²) in [5.41, 5.74) is 6.32. The van der Waals surface area contributed by atoms with Crippen molar-refractivity contribution in [1.82, 2.24) is 0 Å². The van der Waals surface area contributed by atoms with Crippen LogP contribution < -0.4 is 11.1 Å². The Hall–Kier alpha value is -1.75. The molecule has 0 saturated heterocycles.